The molecular formula is C13H21N3O2. The Kier molecular flexibility index (Phi) is 4.75. The minimum atomic E-state index is -0.121. The number of aromatic nitrogens is 2. The zero-order valence-electron chi connectivity index (χ0n) is 10.9. The van der Waals surface area contributed by atoms with Crippen LogP contribution in [0.15, 0.2) is 17.2 Å². The summed E-state index contributed by atoms with van der Waals surface area (Å²) in [6.45, 7) is 5.48. The van der Waals surface area contributed by atoms with Crippen LogP contribution in [0.3, 0.4) is 0 Å². The molecule has 1 atom stereocenters. The number of hydrogen-bond donors (Lipinski definition) is 1. The normalized spacial score (nSPS) is 19.1. The second kappa shape index (κ2) is 6.54. The van der Waals surface area contributed by atoms with E-state index in [1.807, 2.05) is 6.92 Å². The van der Waals surface area contributed by atoms with Crippen LogP contribution in [-0.4, -0.2) is 29.2 Å². The third-order valence-electron chi connectivity index (χ3n) is 3.27. The molecule has 1 unspecified atom stereocenters. The Morgan fingerprint density at radius 2 is 2.50 bits per heavy atom. The minimum Gasteiger partial charge on any atom is -0.474 e. The highest BCUT2D eigenvalue weighted by Crippen LogP contribution is 2.12. The summed E-state index contributed by atoms with van der Waals surface area (Å²) >= 11 is 0. The Morgan fingerprint density at radius 1 is 1.61 bits per heavy atom. The van der Waals surface area contributed by atoms with E-state index in [1.165, 1.54) is 6.42 Å². The lowest BCUT2D eigenvalue weighted by Gasteiger charge is -2.10. The summed E-state index contributed by atoms with van der Waals surface area (Å²) in [4.78, 5) is 16.0. The lowest BCUT2D eigenvalue weighted by Crippen LogP contribution is -2.23. The average molecular weight is 251 g/mol. The first-order chi connectivity index (χ1) is 8.81. The van der Waals surface area contributed by atoms with Gasteiger partial charge in [-0.25, -0.2) is 4.98 Å². The molecular weight excluding hydrogens is 230 g/mol. The van der Waals surface area contributed by atoms with Gasteiger partial charge < -0.3 is 14.6 Å². The van der Waals surface area contributed by atoms with Crippen LogP contribution in [0, 0.1) is 5.92 Å². The summed E-state index contributed by atoms with van der Waals surface area (Å²) in [5.41, 5.74) is -0.121. The van der Waals surface area contributed by atoms with Gasteiger partial charge in [0, 0.05) is 18.9 Å². The highest BCUT2D eigenvalue weighted by atomic mass is 16.5. The van der Waals surface area contributed by atoms with Crippen LogP contribution in [0.2, 0.25) is 0 Å². The third-order valence-corrected chi connectivity index (χ3v) is 3.27. The standard InChI is InChI=1S/C13H21N3O2/c1-2-7-16-8-6-15-12(13(16)17)18-9-4-11-3-5-14-10-11/h6,8,11,14H,2-5,7,9-10H2,1H3. The van der Waals surface area contributed by atoms with Crippen LogP contribution < -0.4 is 15.6 Å². The summed E-state index contributed by atoms with van der Waals surface area (Å²) < 4.78 is 7.17. The van der Waals surface area contributed by atoms with E-state index in [-0.39, 0.29) is 11.4 Å². The van der Waals surface area contributed by atoms with E-state index in [2.05, 4.69) is 10.3 Å². The number of nitrogens with one attached hydrogen (secondary N) is 1. The molecule has 0 aromatic carbocycles. The first-order valence-electron chi connectivity index (χ1n) is 6.70. The van der Waals surface area contributed by atoms with Gasteiger partial charge >= 0.3 is 5.56 Å². The first kappa shape index (κ1) is 13.1. The van der Waals surface area contributed by atoms with E-state index < -0.39 is 0 Å². The van der Waals surface area contributed by atoms with Crippen molar-refractivity contribution in [1.82, 2.24) is 14.9 Å². The maximum Gasteiger partial charge on any atom is 0.313 e. The molecule has 0 aliphatic carbocycles. The fourth-order valence-corrected chi connectivity index (χ4v) is 2.23. The van der Waals surface area contributed by atoms with E-state index in [1.54, 1.807) is 17.0 Å². The van der Waals surface area contributed by atoms with Crippen molar-refractivity contribution < 1.29 is 4.74 Å². The molecule has 1 fully saturated rings. The molecule has 0 bridgehead atoms. The van der Waals surface area contributed by atoms with E-state index >= 15 is 0 Å². The maximum atomic E-state index is 11.9. The van der Waals surface area contributed by atoms with Crippen LogP contribution in [0.4, 0.5) is 0 Å². The summed E-state index contributed by atoms with van der Waals surface area (Å²) in [7, 11) is 0. The van der Waals surface area contributed by atoms with Gasteiger partial charge in [-0.3, -0.25) is 4.79 Å². The predicted molar refractivity (Wildman–Crippen MR) is 69.9 cm³/mol. The molecule has 1 aliphatic rings. The van der Waals surface area contributed by atoms with Crippen molar-refractivity contribution in [2.24, 2.45) is 5.92 Å². The van der Waals surface area contributed by atoms with Crippen LogP contribution in [0.5, 0.6) is 5.88 Å². The Bertz CT molecular complexity index is 424. The summed E-state index contributed by atoms with van der Waals surface area (Å²) in [5, 5.41) is 3.32. The molecule has 2 heterocycles. The highest BCUT2D eigenvalue weighted by Gasteiger charge is 2.14. The summed E-state index contributed by atoms with van der Waals surface area (Å²) in [5.74, 6) is 0.906. The molecule has 0 spiro atoms. The molecule has 1 N–H and O–H groups in total. The number of aryl methyl sites for hydroxylation is 1. The van der Waals surface area contributed by atoms with Gasteiger partial charge in [-0.15, -0.1) is 0 Å². The molecule has 18 heavy (non-hydrogen) atoms. The summed E-state index contributed by atoms with van der Waals surface area (Å²) in [6, 6.07) is 0. The molecule has 5 nitrogen and oxygen atoms in total. The predicted octanol–water partition coefficient (Wildman–Crippen LogP) is 1.03. The molecule has 1 aliphatic heterocycles. The van der Waals surface area contributed by atoms with Gasteiger partial charge in [0.25, 0.3) is 5.88 Å². The zero-order valence-corrected chi connectivity index (χ0v) is 10.9. The minimum absolute atomic E-state index is 0.121. The van der Waals surface area contributed by atoms with Crippen molar-refractivity contribution in [1.29, 1.82) is 0 Å². The maximum absolute atomic E-state index is 11.9. The van der Waals surface area contributed by atoms with Crippen LogP contribution in [0.25, 0.3) is 0 Å². The van der Waals surface area contributed by atoms with Gasteiger partial charge in [0.05, 0.1) is 6.61 Å². The smallest absolute Gasteiger partial charge is 0.313 e. The SMILES string of the molecule is CCCn1ccnc(OCCC2CCNC2)c1=O. The number of ether oxygens (including phenoxy) is 1. The fourth-order valence-electron chi connectivity index (χ4n) is 2.23. The average Bonchev–Trinajstić information content (AvgIpc) is 2.87. The Morgan fingerprint density at radius 3 is 3.22 bits per heavy atom. The van der Waals surface area contributed by atoms with Crippen molar-refractivity contribution in [3.8, 4) is 5.88 Å². The van der Waals surface area contributed by atoms with Gasteiger partial charge in [-0.2, -0.15) is 0 Å². The Balaban J connectivity index is 1.88. The van der Waals surface area contributed by atoms with Crippen LogP contribution in [-0.2, 0) is 6.54 Å². The van der Waals surface area contributed by atoms with Gasteiger partial charge in [0.1, 0.15) is 0 Å². The number of rotatable bonds is 6. The topological polar surface area (TPSA) is 56.1 Å². The second-order valence-corrected chi connectivity index (χ2v) is 4.73. The van der Waals surface area contributed by atoms with Crippen molar-refractivity contribution in [3.05, 3.63) is 22.7 Å². The monoisotopic (exact) mass is 251 g/mol. The quantitative estimate of drug-likeness (QED) is 0.820. The molecule has 100 valence electrons. The lowest BCUT2D eigenvalue weighted by molar-refractivity contribution is 0.267. The van der Waals surface area contributed by atoms with Gasteiger partial charge in [-0.1, -0.05) is 6.92 Å². The molecule has 0 saturated carbocycles. The van der Waals surface area contributed by atoms with Gasteiger partial charge in [0.15, 0.2) is 0 Å². The lowest BCUT2D eigenvalue weighted by atomic mass is 10.1. The fraction of sp³-hybridized carbons (Fsp3) is 0.692. The molecule has 5 heteroatoms. The first-order valence-corrected chi connectivity index (χ1v) is 6.70. The van der Waals surface area contributed by atoms with E-state index in [0.717, 1.165) is 25.9 Å². The largest absolute Gasteiger partial charge is 0.474 e. The van der Waals surface area contributed by atoms with Crippen molar-refractivity contribution in [2.45, 2.75) is 32.7 Å². The van der Waals surface area contributed by atoms with Crippen LogP contribution >= 0.6 is 0 Å². The number of nitrogens with zero attached hydrogens (tertiary/aromatic N) is 2. The molecule has 0 amide bonds. The second-order valence-electron chi connectivity index (χ2n) is 4.73. The molecule has 1 aromatic heterocycles. The van der Waals surface area contributed by atoms with Crippen molar-refractivity contribution >= 4 is 0 Å². The van der Waals surface area contributed by atoms with Gasteiger partial charge in [-0.05, 0) is 38.3 Å². The number of hydrogen-bond acceptors (Lipinski definition) is 4. The summed E-state index contributed by atoms with van der Waals surface area (Å²) in [6.07, 6.45) is 6.45. The Hall–Kier alpha value is -1.36. The van der Waals surface area contributed by atoms with E-state index in [4.69, 9.17) is 4.74 Å². The Labute approximate surface area is 107 Å². The van der Waals surface area contributed by atoms with E-state index in [0.29, 0.717) is 19.1 Å². The molecule has 0 radical (unpaired) electrons. The molecule has 1 saturated heterocycles. The third kappa shape index (κ3) is 3.32. The van der Waals surface area contributed by atoms with Crippen molar-refractivity contribution in [2.75, 3.05) is 19.7 Å². The molecule has 1 aromatic rings. The molecule has 2 rings (SSSR count). The van der Waals surface area contributed by atoms with Crippen LogP contribution in [0.1, 0.15) is 26.2 Å². The highest BCUT2D eigenvalue weighted by molar-refractivity contribution is 5.04. The van der Waals surface area contributed by atoms with E-state index in [9.17, 15) is 4.79 Å². The van der Waals surface area contributed by atoms with Crippen molar-refractivity contribution in [3.63, 3.8) is 0 Å². The van der Waals surface area contributed by atoms with Gasteiger partial charge in [0.2, 0.25) is 0 Å². The zero-order chi connectivity index (χ0) is 12.8.